The summed E-state index contributed by atoms with van der Waals surface area (Å²) in [4.78, 5) is 8.25. The molecule has 0 bridgehead atoms. The third-order valence-electron chi connectivity index (χ3n) is 4.59. The van der Waals surface area contributed by atoms with E-state index in [9.17, 15) is 0 Å². The van der Waals surface area contributed by atoms with Crippen LogP contribution < -0.4 is 0 Å². The maximum Gasteiger partial charge on any atom is 0.333 e. The Bertz CT molecular complexity index is 1340. The molecule has 0 spiro atoms. The normalized spacial score (nSPS) is 11.8. The van der Waals surface area contributed by atoms with Gasteiger partial charge in [0.2, 0.25) is 5.82 Å². The molecule has 148 valence electrons. The molecule has 0 aliphatic heterocycles. The molecule has 30 heavy (non-hydrogen) atoms. The number of benzene rings is 1. The summed E-state index contributed by atoms with van der Waals surface area (Å²) in [6.07, 6.45) is 6.48. The van der Waals surface area contributed by atoms with E-state index in [2.05, 4.69) is 30.4 Å². The van der Waals surface area contributed by atoms with E-state index < -0.39 is 11.7 Å². The Hall–Kier alpha value is -4.08. The third-order valence-corrected chi connectivity index (χ3v) is 4.59. The number of nitrogens with zero attached hydrogens (tertiary/aromatic N) is 8. The summed E-state index contributed by atoms with van der Waals surface area (Å²) in [5.41, 5.74) is 1.63. The molecular weight excluding hydrogens is 390 g/mol. The van der Waals surface area contributed by atoms with Crippen LogP contribution in [-0.4, -0.2) is 39.6 Å². The number of aromatic nitrogens is 8. The lowest BCUT2D eigenvalue weighted by Crippen LogP contribution is -2.20. The molecule has 5 aromatic rings. The summed E-state index contributed by atoms with van der Waals surface area (Å²) in [6, 6.07) is 10.8. The summed E-state index contributed by atoms with van der Waals surface area (Å²) in [6.45, 7) is 0. The molecule has 0 aliphatic carbocycles. The standard InChI is InChI=1S/C20H14F2N8/c1-29-12-14(11-25-29)16-6-7-17-26-27-19(30(17)28-16)20(21,22)15-5-2-4-13(10-15)18-23-8-3-9-24-18/h2-12H,1H3. The molecule has 0 atom stereocenters. The number of alkyl halides is 2. The molecular formula is C20H14F2N8. The highest BCUT2D eigenvalue weighted by atomic mass is 19.3. The number of halogens is 2. The van der Waals surface area contributed by atoms with Crippen LogP contribution in [0, 0.1) is 0 Å². The Morgan fingerprint density at radius 3 is 2.53 bits per heavy atom. The minimum Gasteiger partial charge on any atom is -0.275 e. The summed E-state index contributed by atoms with van der Waals surface area (Å²) < 4.78 is 33.6. The number of hydrogen-bond donors (Lipinski definition) is 0. The lowest BCUT2D eigenvalue weighted by molar-refractivity contribution is 0.0307. The van der Waals surface area contributed by atoms with Crippen LogP contribution in [0.25, 0.3) is 28.3 Å². The lowest BCUT2D eigenvalue weighted by Gasteiger charge is -2.15. The minimum absolute atomic E-state index is 0.222. The largest absolute Gasteiger partial charge is 0.333 e. The van der Waals surface area contributed by atoms with Gasteiger partial charge in [0.1, 0.15) is 0 Å². The van der Waals surface area contributed by atoms with Crippen LogP contribution in [0.2, 0.25) is 0 Å². The van der Waals surface area contributed by atoms with Gasteiger partial charge in [0, 0.05) is 42.3 Å². The summed E-state index contributed by atoms with van der Waals surface area (Å²) in [5, 5.41) is 16.0. The van der Waals surface area contributed by atoms with Gasteiger partial charge in [-0.1, -0.05) is 18.2 Å². The highest BCUT2D eigenvalue weighted by molar-refractivity contribution is 5.59. The van der Waals surface area contributed by atoms with E-state index in [0.29, 0.717) is 22.6 Å². The van der Waals surface area contributed by atoms with Crippen LogP contribution in [0.1, 0.15) is 11.4 Å². The van der Waals surface area contributed by atoms with Crippen molar-refractivity contribution in [1.82, 2.24) is 39.6 Å². The predicted octanol–water partition coefficient (Wildman–Crippen LogP) is 3.12. The Balaban J connectivity index is 1.61. The Morgan fingerprint density at radius 2 is 1.77 bits per heavy atom. The van der Waals surface area contributed by atoms with Crippen molar-refractivity contribution in [1.29, 1.82) is 0 Å². The zero-order chi connectivity index (χ0) is 20.7. The molecule has 5 rings (SSSR count). The van der Waals surface area contributed by atoms with E-state index in [4.69, 9.17) is 0 Å². The molecule has 0 N–H and O–H groups in total. The quantitative estimate of drug-likeness (QED) is 0.457. The van der Waals surface area contributed by atoms with Crippen molar-refractivity contribution < 1.29 is 8.78 Å². The second kappa shape index (κ2) is 6.76. The Labute approximate surface area is 168 Å². The molecule has 4 aromatic heterocycles. The van der Waals surface area contributed by atoms with Crippen LogP contribution in [0.5, 0.6) is 0 Å². The van der Waals surface area contributed by atoms with Gasteiger partial charge in [-0.25, -0.2) is 9.97 Å². The van der Waals surface area contributed by atoms with Crippen molar-refractivity contribution >= 4 is 5.65 Å². The Kier molecular flexibility index (Phi) is 4.05. The van der Waals surface area contributed by atoms with Gasteiger partial charge in [0.15, 0.2) is 11.5 Å². The Morgan fingerprint density at radius 1 is 0.933 bits per heavy atom. The van der Waals surface area contributed by atoms with Gasteiger partial charge < -0.3 is 0 Å². The van der Waals surface area contributed by atoms with E-state index >= 15 is 8.78 Å². The van der Waals surface area contributed by atoms with E-state index in [1.807, 2.05) is 0 Å². The van der Waals surface area contributed by atoms with Crippen LogP contribution in [0.15, 0.2) is 67.3 Å². The average molecular weight is 404 g/mol. The number of rotatable bonds is 4. The highest BCUT2D eigenvalue weighted by Crippen LogP contribution is 2.36. The second-order valence-corrected chi connectivity index (χ2v) is 6.64. The SMILES string of the molecule is Cn1cc(-c2ccc3nnc(C(F)(F)c4cccc(-c5ncccn5)c4)n3n2)cn1. The monoisotopic (exact) mass is 404 g/mol. The average Bonchev–Trinajstić information content (AvgIpc) is 3.40. The maximum absolute atomic E-state index is 15.5. The van der Waals surface area contributed by atoms with Crippen molar-refractivity contribution in [2.24, 2.45) is 7.05 Å². The zero-order valence-corrected chi connectivity index (χ0v) is 15.7. The molecule has 0 aliphatic rings. The van der Waals surface area contributed by atoms with E-state index in [1.165, 1.54) is 18.2 Å². The van der Waals surface area contributed by atoms with Crippen molar-refractivity contribution in [2.75, 3.05) is 0 Å². The summed E-state index contributed by atoms with van der Waals surface area (Å²) in [7, 11) is 1.77. The first-order valence-corrected chi connectivity index (χ1v) is 9.00. The second-order valence-electron chi connectivity index (χ2n) is 6.64. The van der Waals surface area contributed by atoms with Crippen LogP contribution >= 0.6 is 0 Å². The first-order chi connectivity index (χ1) is 14.5. The lowest BCUT2D eigenvalue weighted by atomic mass is 10.0. The zero-order valence-electron chi connectivity index (χ0n) is 15.7. The van der Waals surface area contributed by atoms with Crippen molar-refractivity contribution in [3.63, 3.8) is 0 Å². The van der Waals surface area contributed by atoms with Gasteiger partial charge in [0.25, 0.3) is 0 Å². The highest BCUT2D eigenvalue weighted by Gasteiger charge is 2.40. The summed E-state index contributed by atoms with van der Waals surface area (Å²) >= 11 is 0. The van der Waals surface area contributed by atoms with E-state index in [0.717, 1.165) is 4.52 Å². The predicted molar refractivity (Wildman–Crippen MR) is 103 cm³/mol. The molecule has 10 heteroatoms. The fraction of sp³-hybridized carbons (Fsp3) is 0.100. The van der Waals surface area contributed by atoms with Gasteiger partial charge in [-0.2, -0.15) is 23.5 Å². The number of hydrogen-bond acceptors (Lipinski definition) is 6. The van der Waals surface area contributed by atoms with Gasteiger partial charge >= 0.3 is 5.92 Å². The molecule has 0 fully saturated rings. The van der Waals surface area contributed by atoms with Crippen molar-refractivity contribution in [2.45, 2.75) is 5.92 Å². The third kappa shape index (κ3) is 2.98. The first kappa shape index (κ1) is 18.0. The van der Waals surface area contributed by atoms with Crippen molar-refractivity contribution in [3.05, 3.63) is 78.6 Å². The summed E-state index contributed by atoms with van der Waals surface area (Å²) in [5.74, 6) is -3.65. The maximum atomic E-state index is 15.5. The first-order valence-electron chi connectivity index (χ1n) is 9.00. The van der Waals surface area contributed by atoms with Crippen LogP contribution in [-0.2, 0) is 13.0 Å². The van der Waals surface area contributed by atoms with E-state index in [1.54, 1.807) is 60.8 Å². The van der Waals surface area contributed by atoms with Gasteiger partial charge in [-0.05, 0) is 24.3 Å². The topological polar surface area (TPSA) is 86.7 Å². The fourth-order valence-electron chi connectivity index (χ4n) is 3.12. The number of aryl methyl sites for hydroxylation is 1. The van der Waals surface area contributed by atoms with Gasteiger partial charge in [0.05, 0.1) is 11.9 Å². The molecule has 8 nitrogen and oxygen atoms in total. The molecule has 0 saturated heterocycles. The molecule has 0 amide bonds. The fourth-order valence-corrected chi connectivity index (χ4v) is 3.12. The smallest absolute Gasteiger partial charge is 0.275 e. The molecule has 0 radical (unpaired) electrons. The van der Waals surface area contributed by atoms with Crippen molar-refractivity contribution in [3.8, 4) is 22.6 Å². The number of fused-ring (bicyclic) bond motifs is 1. The molecule has 0 saturated carbocycles. The molecule has 0 unspecified atom stereocenters. The van der Waals surface area contributed by atoms with Crippen LogP contribution in [0.4, 0.5) is 8.78 Å². The molecule has 4 heterocycles. The van der Waals surface area contributed by atoms with Gasteiger partial charge in [-0.15, -0.1) is 10.2 Å². The van der Waals surface area contributed by atoms with E-state index in [-0.39, 0.29) is 11.2 Å². The van der Waals surface area contributed by atoms with Gasteiger partial charge in [-0.3, -0.25) is 4.68 Å². The van der Waals surface area contributed by atoms with Crippen LogP contribution in [0.3, 0.4) is 0 Å². The minimum atomic E-state index is -3.44. The molecule has 1 aromatic carbocycles.